The van der Waals surface area contributed by atoms with Gasteiger partial charge in [0.15, 0.2) is 23.1 Å². The fourth-order valence-corrected chi connectivity index (χ4v) is 1.89. The molecule has 130 valence electrons. The first kappa shape index (κ1) is 18.1. The van der Waals surface area contributed by atoms with Crippen LogP contribution in [0.1, 0.15) is 15.9 Å². The minimum Gasteiger partial charge on any atom is -0.493 e. The van der Waals surface area contributed by atoms with E-state index in [2.05, 4.69) is 4.74 Å². The van der Waals surface area contributed by atoms with Gasteiger partial charge in [0.25, 0.3) is 0 Å². The molecule has 0 heterocycles. The number of carbonyl (C=O) groups excluding carboxylic acids is 2. The van der Waals surface area contributed by atoms with Gasteiger partial charge >= 0.3 is 11.9 Å². The van der Waals surface area contributed by atoms with Gasteiger partial charge in [-0.05, 0) is 42.0 Å². The summed E-state index contributed by atoms with van der Waals surface area (Å²) in [6.07, 6.45) is 2.72. The Morgan fingerprint density at radius 2 is 1.72 bits per heavy atom. The van der Waals surface area contributed by atoms with Crippen molar-refractivity contribution in [2.24, 2.45) is 0 Å². The summed E-state index contributed by atoms with van der Waals surface area (Å²) >= 11 is 0. The van der Waals surface area contributed by atoms with Crippen molar-refractivity contribution in [1.82, 2.24) is 0 Å². The van der Waals surface area contributed by atoms with Gasteiger partial charge in [0.05, 0.1) is 19.8 Å². The lowest BCUT2D eigenvalue weighted by molar-refractivity contribution is -0.134. The number of hydrogen-bond donors (Lipinski definition) is 0. The summed E-state index contributed by atoms with van der Waals surface area (Å²) in [5, 5.41) is 0. The van der Waals surface area contributed by atoms with Crippen molar-refractivity contribution >= 4 is 18.0 Å². The summed E-state index contributed by atoms with van der Waals surface area (Å²) in [5.74, 6) is -3.28. The molecule has 0 spiro atoms. The number of benzene rings is 2. The maximum absolute atomic E-state index is 13.2. The van der Waals surface area contributed by atoms with Crippen LogP contribution in [0.15, 0.2) is 42.5 Å². The predicted octanol–water partition coefficient (Wildman–Crippen LogP) is 3.38. The molecule has 0 atom stereocenters. The summed E-state index contributed by atoms with van der Waals surface area (Å²) in [7, 11) is 2.63. The van der Waals surface area contributed by atoms with Crippen molar-refractivity contribution in [2.45, 2.75) is 0 Å². The molecule has 5 nitrogen and oxygen atoms in total. The minimum atomic E-state index is -1.15. The number of hydrogen-bond acceptors (Lipinski definition) is 5. The molecule has 0 saturated carbocycles. The van der Waals surface area contributed by atoms with Crippen LogP contribution in [0, 0.1) is 11.6 Å². The van der Waals surface area contributed by atoms with Crippen molar-refractivity contribution < 1.29 is 32.6 Å². The first-order valence-electron chi connectivity index (χ1n) is 7.06. The van der Waals surface area contributed by atoms with E-state index in [4.69, 9.17) is 9.47 Å². The molecule has 0 fully saturated rings. The largest absolute Gasteiger partial charge is 0.493 e. The molecule has 7 heteroatoms. The van der Waals surface area contributed by atoms with E-state index in [1.807, 2.05) is 0 Å². The number of rotatable bonds is 5. The van der Waals surface area contributed by atoms with Gasteiger partial charge in [0.1, 0.15) is 0 Å². The second kappa shape index (κ2) is 8.05. The van der Waals surface area contributed by atoms with Gasteiger partial charge in [-0.25, -0.2) is 18.4 Å². The number of methoxy groups -OCH3 is 2. The van der Waals surface area contributed by atoms with Crippen LogP contribution in [0.3, 0.4) is 0 Å². The van der Waals surface area contributed by atoms with E-state index in [0.717, 1.165) is 18.2 Å². The molecule has 0 aromatic heterocycles. The van der Waals surface area contributed by atoms with Crippen molar-refractivity contribution in [1.29, 1.82) is 0 Å². The highest BCUT2D eigenvalue weighted by atomic mass is 19.2. The smallest absolute Gasteiger partial charge is 0.343 e. The van der Waals surface area contributed by atoms with Crippen LogP contribution in [-0.4, -0.2) is 26.2 Å². The van der Waals surface area contributed by atoms with Crippen LogP contribution in [0.2, 0.25) is 0 Å². The van der Waals surface area contributed by atoms with E-state index in [1.54, 1.807) is 6.07 Å². The van der Waals surface area contributed by atoms with Crippen molar-refractivity contribution in [3.63, 3.8) is 0 Å². The molecule has 2 aromatic carbocycles. The average molecular weight is 348 g/mol. The molecule has 2 aromatic rings. The molecule has 2 rings (SSSR count). The van der Waals surface area contributed by atoms with Gasteiger partial charge < -0.3 is 14.2 Å². The Morgan fingerprint density at radius 3 is 2.36 bits per heavy atom. The molecule has 0 amide bonds. The van der Waals surface area contributed by atoms with E-state index >= 15 is 0 Å². The van der Waals surface area contributed by atoms with Gasteiger partial charge in [-0.15, -0.1) is 0 Å². The molecular formula is C18H14F2O5. The first-order chi connectivity index (χ1) is 11.9. The van der Waals surface area contributed by atoms with E-state index in [-0.39, 0.29) is 17.1 Å². The van der Waals surface area contributed by atoms with Crippen LogP contribution < -0.4 is 9.47 Å². The summed E-state index contributed by atoms with van der Waals surface area (Å²) in [6, 6.07) is 7.26. The topological polar surface area (TPSA) is 61.8 Å². The first-order valence-corrected chi connectivity index (χ1v) is 7.06. The van der Waals surface area contributed by atoms with Crippen molar-refractivity contribution in [2.75, 3.05) is 14.2 Å². The van der Waals surface area contributed by atoms with Crippen LogP contribution in [0.5, 0.6) is 11.5 Å². The van der Waals surface area contributed by atoms with Crippen molar-refractivity contribution in [3.05, 3.63) is 65.2 Å². The number of esters is 2. The normalized spacial score (nSPS) is 10.6. The highest BCUT2D eigenvalue weighted by molar-refractivity contribution is 5.91. The Hall–Kier alpha value is -3.22. The Kier molecular flexibility index (Phi) is 5.84. The zero-order valence-electron chi connectivity index (χ0n) is 13.4. The number of halogens is 2. The van der Waals surface area contributed by atoms with Crippen LogP contribution in [-0.2, 0) is 9.53 Å². The maximum atomic E-state index is 13.2. The zero-order valence-corrected chi connectivity index (χ0v) is 13.4. The third-order valence-corrected chi connectivity index (χ3v) is 3.16. The predicted molar refractivity (Wildman–Crippen MR) is 85.4 cm³/mol. The Bertz CT molecular complexity index is 830. The molecule has 0 N–H and O–H groups in total. The minimum absolute atomic E-state index is 0.0902. The van der Waals surface area contributed by atoms with Gasteiger partial charge in [-0.2, -0.15) is 0 Å². The quantitative estimate of drug-likeness (QED) is 0.471. The van der Waals surface area contributed by atoms with E-state index in [1.165, 1.54) is 38.5 Å². The molecule has 0 saturated heterocycles. The summed E-state index contributed by atoms with van der Waals surface area (Å²) in [6.45, 7) is 0. The SMILES string of the molecule is COC(=O)/C=C/c1ccc(OC(=O)c2ccc(F)c(F)c2)c(OC)c1. The third kappa shape index (κ3) is 4.63. The molecule has 0 radical (unpaired) electrons. The molecule has 0 unspecified atom stereocenters. The monoisotopic (exact) mass is 348 g/mol. The van der Waals surface area contributed by atoms with Crippen molar-refractivity contribution in [3.8, 4) is 11.5 Å². The molecule has 0 aliphatic carbocycles. The van der Waals surface area contributed by atoms with E-state index in [9.17, 15) is 18.4 Å². The summed E-state index contributed by atoms with van der Waals surface area (Å²) in [5.41, 5.74) is 0.463. The molecular weight excluding hydrogens is 334 g/mol. The molecule has 0 aliphatic heterocycles. The summed E-state index contributed by atoms with van der Waals surface area (Å²) < 4.78 is 40.9. The standard InChI is InChI=1S/C18H14F2O5/c1-23-16-9-11(4-8-17(21)24-2)3-7-15(16)25-18(22)12-5-6-13(19)14(20)10-12/h3-10H,1-2H3/b8-4+. The lowest BCUT2D eigenvalue weighted by Crippen LogP contribution is -2.10. The Labute approximate surface area is 142 Å². The fraction of sp³-hybridized carbons (Fsp3) is 0.111. The Morgan fingerprint density at radius 1 is 0.960 bits per heavy atom. The van der Waals surface area contributed by atoms with Gasteiger partial charge in [0.2, 0.25) is 0 Å². The van der Waals surface area contributed by atoms with Crippen LogP contribution >= 0.6 is 0 Å². The van der Waals surface area contributed by atoms with Crippen LogP contribution in [0.25, 0.3) is 6.08 Å². The Balaban J connectivity index is 2.21. The maximum Gasteiger partial charge on any atom is 0.343 e. The molecule has 0 bridgehead atoms. The lowest BCUT2D eigenvalue weighted by Gasteiger charge is -2.10. The number of carbonyl (C=O) groups is 2. The summed E-state index contributed by atoms with van der Waals surface area (Å²) in [4.78, 5) is 23.1. The fourth-order valence-electron chi connectivity index (χ4n) is 1.89. The van der Waals surface area contributed by atoms with Crippen LogP contribution in [0.4, 0.5) is 8.78 Å². The highest BCUT2D eigenvalue weighted by Crippen LogP contribution is 2.29. The third-order valence-electron chi connectivity index (χ3n) is 3.16. The van der Waals surface area contributed by atoms with Gasteiger partial charge in [-0.1, -0.05) is 6.07 Å². The molecule has 0 aliphatic rings. The zero-order chi connectivity index (χ0) is 18.4. The highest BCUT2D eigenvalue weighted by Gasteiger charge is 2.15. The second-order valence-electron chi connectivity index (χ2n) is 4.79. The number of ether oxygens (including phenoxy) is 3. The van der Waals surface area contributed by atoms with Gasteiger partial charge in [0, 0.05) is 6.08 Å². The van der Waals surface area contributed by atoms with Gasteiger partial charge in [-0.3, -0.25) is 0 Å². The van der Waals surface area contributed by atoms with E-state index in [0.29, 0.717) is 5.56 Å². The lowest BCUT2D eigenvalue weighted by atomic mass is 10.2. The average Bonchev–Trinajstić information content (AvgIpc) is 2.62. The second-order valence-corrected chi connectivity index (χ2v) is 4.79. The van der Waals surface area contributed by atoms with E-state index < -0.39 is 23.6 Å². The molecule has 25 heavy (non-hydrogen) atoms.